The smallest absolute Gasteiger partial charge is 0.302 e. The third-order valence-corrected chi connectivity index (χ3v) is 8.78. The molecule has 0 N–H and O–H groups in total. The summed E-state index contributed by atoms with van der Waals surface area (Å²) in [4.78, 5) is 24.0. The molecule has 0 aromatic heterocycles. The number of hydrogen-bond acceptors (Lipinski definition) is 4. The molecule has 0 amide bonds. The maximum Gasteiger partial charge on any atom is 0.302 e. The highest BCUT2D eigenvalue weighted by atomic mass is 16.5. The van der Waals surface area contributed by atoms with Crippen LogP contribution < -0.4 is 0 Å². The molecule has 5 aliphatic rings. The minimum Gasteiger partial charge on any atom is -0.462 e. The van der Waals surface area contributed by atoms with Crippen LogP contribution in [0.2, 0.25) is 0 Å². The van der Waals surface area contributed by atoms with Crippen molar-refractivity contribution >= 4 is 11.8 Å². The molecule has 3 saturated carbocycles. The molecule has 0 aromatic rings. The van der Waals surface area contributed by atoms with E-state index < -0.39 is 0 Å². The molecule has 0 aromatic carbocycles. The summed E-state index contributed by atoms with van der Waals surface area (Å²) >= 11 is 0. The number of carbonyl (C=O) groups is 2. The molecule has 4 aliphatic carbocycles. The highest BCUT2D eigenvalue weighted by Crippen LogP contribution is 2.66. The molecule has 1 aliphatic heterocycles. The van der Waals surface area contributed by atoms with E-state index in [1.165, 1.54) is 18.9 Å². The van der Waals surface area contributed by atoms with Gasteiger partial charge in [0.1, 0.15) is 11.9 Å². The second-order valence-corrected chi connectivity index (χ2v) is 9.68. The number of allylic oxidation sites excluding steroid dienone is 1. The topological polar surface area (TPSA) is 52.6 Å². The highest BCUT2D eigenvalue weighted by Gasteiger charge is 2.62. The lowest BCUT2D eigenvalue weighted by Crippen LogP contribution is -2.57. The van der Waals surface area contributed by atoms with E-state index in [2.05, 4.69) is 13.0 Å². The van der Waals surface area contributed by atoms with E-state index in [1.54, 1.807) is 0 Å². The van der Waals surface area contributed by atoms with Gasteiger partial charge in [0.25, 0.3) is 0 Å². The van der Waals surface area contributed by atoms with E-state index in [9.17, 15) is 9.59 Å². The maximum atomic E-state index is 12.4. The molecule has 4 fully saturated rings. The van der Waals surface area contributed by atoms with Gasteiger partial charge in [0.2, 0.25) is 0 Å². The summed E-state index contributed by atoms with van der Waals surface area (Å²) in [6.45, 7) is 5.30. The third kappa shape index (κ3) is 2.11. The van der Waals surface area contributed by atoms with Gasteiger partial charge in [-0.05, 0) is 56.3 Å². The Morgan fingerprint density at radius 2 is 2.08 bits per heavy atom. The predicted octanol–water partition coefficient (Wildman–Crippen LogP) is 3.69. The average Bonchev–Trinajstić information content (AvgIpc) is 2.94. The zero-order valence-electron chi connectivity index (χ0n) is 16.0. The number of rotatable bonds is 1. The fourth-order valence-corrected chi connectivity index (χ4v) is 7.65. The van der Waals surface area contributed by atoms with E-state index in [4.69, 9.17) is 9.47 Å². The predicted molar refractivity (Wildman–Crippen MR) is 96.3 cm³/mol. The summed E-state index contributed by atoms with van der Waals surface area (Å²) < 4.78 is 11.7. The van der Waals surface area contributed by atoms with Gasteiger partial charge in [-0.1, -0.05) is 18.6 Å². The SMILES string of the molecule is CC(=O)OC1CCC2C3CC=C4C5COCC4(CCC5=O)C3CCC12C. The lowest BCUT2D eigenvalue weighted by molar-refractivity contribution is -0.160. The zero-order valence-corrected chi connectivity index (χ0v) is 16.0. The van der Waals surface area contributed by atoms with Crippen LogP contribution in [-0.2, 0) is 19.1 Å². The van der Waals surface area contributed by atoms with Crippen LogP contribution >= 0.6 is 0 Å². The molecule has 0 radical (unpaired) electrons. The Hall–Kier alpha value is -1.16. The number of esters is 1. The van der Waals surface area contributed by atoms with Gasteiger partial charge in [-0.25, -0.2) is 0 Å². The van der Waals surface area contributed by atoms with E-state index in [-0.39, 0.29) is 28.8 Å². The van der Waals surface area contributed by atoms with Crippen LogP contribution in [0.4, 0.5) is 0 Å². The van der Waals surface area contributed by atoms with Crippen molar-refractivity contribution < 1.29 is 19.1 Å². The Labute approximate surface area is 155 Å². The van der Waals surface area contributed by atoms with Gasteiger partial charge >= 0.3 is 5.97 Å². The first-order valence-electron chi connectivity index (χ1n) is 10.4. The molecule has 0 spiro atoms. The van der Waals surface area contributed by atoms with Crippen LogP contribution in [0, 0.1) is 34.5 Å². The van der Waals surface area contributed by atoms with E-state index in [1.807, 2.05) is 0 Å². The van der Waals surface area contributed by atoms with Crippen LogP contribution in [0.15, 0.2) is 11.6 Å². The number of fused-ring (bicyclic) bond motifs is 3. The lowest BCUT2D eigenvalue weighted by atomic mass is 9.46. The van der Waals surface area contributed by atoms with E-state index in [0.717, 1.165) is 45.1 Å². The zero-order chi connectivity index (χ0) is 18.1. The summed E-state index contributed by atoms with van der Waals surface area (Å²) in [5, 5.41) is 0. The molecule has 26 heavy (non-hydrogen) atoms. The summed E-state index contributed by atoms with van der Waals surface area (Å²) in [6, 6.07) is 0. The summed E-state index contributed by atoms with van der Waals surface area (Å²) in [7, 11) is 0. The van der Waals surface area contributed by atoms with Crippen molar-refractivity contribution in [2.75, 3.05) is 13.2 Å². The van der Waals surface area contributed by atoms with Crippen LogP contribution in [0.25, 0.3) is 0 Å². The van der Waals surface area contributed by atoms with Crippen molar-refractivity contribution in [3.8, 4) is 0 Å². The van der Waals surface area contributed by atoms with Crippen LogP contribution in [0.1, 0.15) is 58.8 Å². The van der Waals surface area contributed by atoms with E-state index >= 15 is 0 Å². The molecule has 7 atom stereocenters. The van der Waals surface area contributed by atoms with Gasteiger partial charge < -0.3 is 9.47 Å². The first kappa shape index (κ1) is 17.0. The second-order valence-electron chi connectivity index (χ2n) is 9.68. The molecule has 2 bridgehead atoms. The van der Waals surface area contributed by atoms with Gasteiger partial charge in [0.05, 0.1) is 19.1 Å². The van der Waals surface area contributed by atoms with Gasteiger partial charge in [0, 0.05) is 24.2 Å². The average molecular weight is 358 g/mol. The first-order chi connectivity index (χ1) is 12.5. The first-order valence-corrected chi connectivity index (χ1v) is 10.4. The van der Waals surface area contributed by atoms with Gasteiger partial charge in [-0.15, -0.1) is 0 Å². The molecular formula is C22H30O4. The largest absolute Gasteiger partial charge is 0.462 e. The molecule has 7 unspecified atom stereocenters. The molecule has 4 heteroatoms. The maximum absolute atomic E-state index is 12.4. The fraction of sp³-hybridized carbons (Fsp3) is 0.818. The van der Waals surface area contributed by atoms with Crippen LogP contribution in [-0.4, -0.2) is 31.1 Å². The molecule has 5 rings (SSSR count). The third-order valence-electron chi connectivity index (χ3n) is 8.78. The quantitative estimate of drug-likeness (QED) is 0.530. The Balaban J connectivity index is 1.49. The van der Waals surface area contributed by atoms with Crippen molar-refractivity contribution in [1.82, 2.24) is 0 Å². The fourth-order valence-electron chi connectivity index (χ4n) is 7.65. The molecular weight excluding hydrogens is 328 g/mol. The highest BCUT2D eigenvalue weighted by molar-refractivity contribution is 5.86. The van der Waals surface area contributed by atoms with Crippen molar-refractivity contribution in [2.24, 2.45) is 34.5 Å². The van der Waals surface area contributed by atoms with Crippen molar-refractivity contribution in [3.05, 3.63) is 11.6 Å². The number of carbonyl (C=O) groups excluding carboxylic acids is 2. The van der Waals surface area contributed by atoms with E-state index in [0.29, 0.717) is 30.1 Å². The van der Waals surface area contributed by atoms with Gasteiger partial charge in [0.15, 0.2) is 0 Å². The normalized spacial score (nSPS) is 49.5. The number of Topliss-reactive ketones (excluding diaryl/α,β-unsaturated/α-hetero) is 1. The van der Waals surface area contributed by atoms with Crippen LogP contribution in [0.3, 0.4) is 0 Å². The Morgan fingerprint density at radius 1 is 1.23 bits per heavy atom. The molecule has 1 saturated heterocycles. The molecule has 142 valence electrons. The Kier molecular flexibility index (Phi) is 3.70. The standard InChI is InChI=1S/C22H30O4/c1-13(23)26-20-6-5-16-14-3-4-17-15-11-25-12-22(17,10-8-19(15)24)18(14)7-9-21(16,20)2/h4,14-16,18,20H,3,5-12H2,1-2H3. The van der Waals surface area contributed by atoms with Gasteiger partial charge in [-0.2, -0.15) is 0 Å². The minimum atomic E-state index is -0.141. The van der Waals surface area contributed by atoms with Crippen LogP contribution in [0.5, 0.6) is 0 Å². The summed E-state index contributed by atoms with van der Waals surface area (Å²) in [6.07, 6.45) is 9.79. The van der Waals surface area contributed by atoms with Crippen molar-refractivity contribution in [2.45, 2.75) is 64.9 Å². The van der Waals surface area contributed by atoms with Crippen molar-refractivity contribution in [1.29, 1.82) is 0 Å². The minimum absolute atomic E-state index is 0.0316. The molecule has 4 nitrogen and oxygen atoms in total. The Morgan fingerprint density at radius 3 is 2.88 bits per heavy atom. The number of ether oxygens (including phenoxy) is 2. The van der Waals surface area contributed by atoms with Gasteiger partial charge in [-0.3, -0.25) is 9.59 Å². The number of hydrogen-bond donors (Lipinski definition) is 0. The second kappa shape index (κ2) is 5.67. The lowest BCUT2D eigenvalue weighted by Gasteiger charge is -2.60. The molecule has 1 heterocycles. The van der Waals surface area contributed by atoms with Crippen molar-refractivity contribution in [3.63, 3.8) is 0 Å². The summed E-state index contributed by atoms with van der Waals surface area (Å²) in [5.41, 5.74) is 1.66. The Bertz CT molecular complexity index is 682. The summed E-state index contributed by atoms with van der Waals surface area (Å²) in [5.74, 6) is 2.18. The number of ketones is 1. The monoisotopic (exact) mass is 358 g/mol.